The number of carbonyl (C=O) groups is 1. The van der Waals surface area contributed by atoms with Crippen molar-refractivity contribution in [2.24, 2.45) is 0 Å². The van der Waals surface area contributed by atoms with E-state index >= 15 is 0 Å². The number of amides is 1. The minimum Gasteiger partial charge on any atom is -0.355 e. The lowest BCUT2D eigenvalue weighted by molar-refractivity contribution is -0.118. The van der Waals surface area contributed by atoms with Crippen LogP contribution in [0.15, 0.2) is 29.8 Å². The third-order valence-corrected chi connectivity index (χ3v) is 3.33. The Morgan fingerprint density at radius 3 is 3.00 bits per heavy atom. The monoisotopic (exact) mass is 276 g/mol. The molecule has 0 saturated heterocycles. The molecule has 5 nitrogen and oxygen atoms in total. The molecule has 0 bridgehead atoms. The van der Waals surface area contributed by atoms with E-state index in [-0.39, 0.29) is 5.91 Å². The first kappa shape index (κ1) is 13.6. The van der Waals surface area contributed by atoms with Crippen molar-refractivity contribution in [3.8, 4) is 10.7 Å². The smallest absolute Gasteiger partial charge is 0.216 e. The van der Waals surface area contributed by atoms with Crippen LogP contribution in [0.4, 0.5) is 0 Å². The van der Waals surface area contributed by atoms with E-state index in [1.807, 2.05) is 23.6 Å². The molecule has 0 aliphatic heterocycles. The summed E-state index contributed by atoms with van der Waals surface area (Å²) in [5, 5.41) is 8.92. The predicted octanol–water partition coefficient (Wildman–Crippen LogP) is 1.43. The van der Waals surface area contributed by atoms with Crippen LogP contribution in [0.5, 0.6) is 0 Å². The van der Waals surface area contributed by atoms with Crippen LogP contribution in [0.1, 0.15) is 12.6 Å². The molecule has 2 heterocycles. The molecule has 0 saturated carbocycles. The zero-order chi connectivity index (χ0) is 13.5. The van der Waals surface area contributed by atoms with Crippen molar-refractivity contribution in [3.05, 3.63) is 35.5 Å². The largest absolute Gasteiger partial charge is 0.355 e. The van der Waals surface area contributed by atoms with Gasteiger partial charge in [-0.15, -0.1) is 11.3 Å². The number of nitrogens with one attached hydrogen (secondary N) is 2. The van der Waals surface area contributed by atoms with E-state index in [4.69, 9.17) is 0 Å². The van der Waals surface area contributed by atoms with Crippen molar-refractivity contribution in [1.82, 2.24) is 20.6 Å². The molecule has 2 N–H and O–H groups in total. The van der Waals surface area contributed by atoms with Gasteiger partial charge in [0.1, 0.15) is 5.01 Å². The topological polar surface area (TPSA) is 66.9 Å². The van der Waals surface area contributed by atoms with E-state index in [9.17, 15) is 4.79 Å². The highest BCUT2D eigenvalue weighted by Gasteiger charge is 2.04. The molecule has 0 aromatic carbocycles. The average Bonchev–Trinajstić information content (AvgIpc) is 2.88. The van der Waals surface area contributed by atoms with Crippen LogP contribution in [0.3, 0.4) is 0 Å². The van der Waals surface area contributed by atoms with E-state index in [1.165, 1.54) is 6.92 Å². The second-order valence-corrected chi connectivity index (χ2v) is 4.88. The van der Waals surface area contributed by atoms with Gasteiger partial charge in [-0.05, 0) is 12.1 Å². The third-order valence-electron chi connectivity index (χ3n) is 2.42. The fourth-order valence-electron chi connectivity index (χ4n) is 1.54. The Morgan fingerprint density at radius 2 is 2.26 bits per heavy atom. The van der Waals surface area contributed by atoms with Crippen LogP contribution in [0.25, 0.3) is 10.7 Å². The highest BCUT2D eigenvalue weighted by molar-refractivity contribution is 7.13. The maximum Gasteiger partial charge on any atom is 0.216 e. The molecule has 0 unspecified atom stereocenters. The van der Waals surface area contributed by atoms with E-state index in [0.717, 1.165) is 22.9 Å². The van der Waals surface area contributed by atoms with Crippen molar-refractivity contribution >= 4 is 17.2 Å². The summed E-state index contributed by atoms with van der Waals surface area (Å²) < 4.78 is 0. The van der Waals surface area contributed by atoms with Gasteiger partial charge in [0, 0.05) is 38.1 Å². The number of pyridine rings is 1. The average molecular weight is 276 g/mol. The minimum absolute atomic E-state index is 0.00658. The summed E-state index contributed by atoms with van der Waals surface area (Å²) in [5.41, 5.74) is 1.89. The first-order valence-corrected chi connectivity index (χ1v) is 6.94. The molecular formula is C13H16N4OS. The normalized spacial score (nSPS) is 10.4. The lowest BCUT2D eigenvalue weighted by Gasteiger charge is -2.03. The van der Waals surface area contributed by atoms with Crippen LogP contribution in [-0.2, 0) is 11.3 Å². The summed E-state index contributed by atoms with van der Waals surface area (Å²) in [7, 11) is 0. The number of rotatable bonds is 6. The lowest BCUT2D eigenvalue weighted by atomic mass is 10.3. The number of aromatic nitrogens is 2. The number of carbonyl (C=O) groups excluding carboxylic acids is 1. The highest BCUT2D eigenvalue weighted by Crippen LogP contribution is 2.20. The Balaban J connectivity index is 1.80. The van der Waals surface area contributed by atoms with Crippen LogP contribution in [0, 0.1) is 0 Å². The van der Waals surface area contributed by atoms with Gasteiger partial charge in [0.05, 0.1) is 11.4 Å². The molecule has 0 atom stereocenters. The molecule has 6 heteroatoms. The molecule has 0 aliphatic carbocycles. The van der Waals surface area contributed by atoms with E-state index in [0.29, 0.717) is 13.1 Å². The molecule has 2 aromatic heterocycles. The Kier molecular flexibility index (Phi) is 5.00. The first-order chi connectivity index (χ1) is 9.25. The van der Waals surface area contributed by atoms with E-state index in [2.05, 4.69) is 20.6 Å². The van der Waals surface area contributed by atoms with Crippen LogP contribution >= 0.6 is 11.3 Å². The molecule has 0 fully saturated rings. The van der Waals surface area contributed by atoms with Crippen molar-refractivity contribution in [2.75, 3.05) is 13.1 Å². The number of thiazole rings is 1. The molecule has 2 rings (SSSR count). The Bertz CT molecular complexity index is 526. The van der Waals surface area contributed by atoms with Crippen molar-refractivity contribution in [2.45, 2.75) is 13.5 Å². The van der Waals surface area contributed by atoms with Gasteiger partial charge in [0.25, 0.3) is 0 Å². The van der Waals surface area contributed by atoms with Crippen molar-refractivity contribution in [1.29, 1.82) is 0 Å². The minimum atomic E-state index is -0.00658. The molecule has 0 aliphatic rings. The van der Waals surface area contributed by atoms with Crippen LogP contribution in [0.2, 0.25) is 0 Å². The maximum atomic E-state index is 10.7. The Morgan fingerprint density at radius 1 is 1.37 bits per heavy atom. The van der Waals surface area contributed by atoms with Crippen LogP contribution in [-0.4, -0.2) is 29.0 Å². The number of hydrogen-bond acceptors (Lipinski definition) is 5. The molecule has 2 aromatic rings. The van der Waals surface area contributed by atoms with Gasteiger partial charge in [0.2, 0.25) is 5.91 Å². The second-order valence-electron chi connectivity index (χ2n) is 4.02. The van der Waals surface area contributed by atoms with Gasteiger partial charge in [-0.1, -0.05) is 6.07 Å². The van der Waals surface area contributed by atoms with Gasteiger partial charge in [-0.25, -0.2) is 4.98 Å². The zero-order valence-electron chi connectivity index (χ0n) is 10.7. The van der Waals surface area contributed by atoms with Crippen molar-refractivity contribution < 1.29 is 4.79 Å². The standard InChI is InChI=1S/C13H16N4OS/c1-10(18)15-7-6-14-8-11-9-19-13(17-11)12-4-2-3-5-16-12/h2-5,9,14H,6-8H2,1H3,(H,15,18). The molecule has 0 radical (unpaired) electrons. The summed E-state index contributed by atoms with van der Waals surface area (Å²) in [5.74, 6) is -0.00658. The van der Waals surface area contributed by atoms with Gasteiger partial charge in [-0.2, -0.15) is 0 Å². The van der Waals surface area contributed by atoms with Crippen LogP contribution < -0.4 is 10.6 Å². The summed E-state index contributed by atoms with van der Waals surface area (Å²) in [6.07, 6.45) is 1.77. The molecule has 19 heavy (non-hydrogen) atoms. The quantitative estimate of drug-likeness (QED) is 0.783. The van der Waals surface area contributed by atoms with Gasteiger partial charge < -0.3 is 10.6 Å². The SMILES string of the molecule is CC(=O)NCCNCc1csc(-c2ccccn2)n1. The highest BCUT2D eigenvalue weighted by atomic mass is 32.1. The number of nitrogens with zero attached hydrogens (tertiary/aromatic N) is 2. The summed E-state index contributed by atoms with van der Waals surface area (Å²) >= 11 is 1.59. The predicted molar refractivity (Wildman–Crippen MR) is 75.7 cm³/mol. The molecular weight excluding hydrogens is 260 g/mol. The summed E-state index contributed by atoms with van der Waals surface area (Å²) in [6.45, 7) is 3.57. The van der Waals surface area contributed by atoms with Crippen molar-refractivity contribution in [3.63, 3.8) is 0 Å². The first-order valence-electron chi connectivity index (χ1n) is 6.06. The van der Waals surface area contributed by atoms with E-state index in [1.54, 1.807) is 17.5 Å². The fraction of sp³-hybridized carbons (Fsp3) is 0.308. The lowest BCUT2D eigenvalue weighted by Crippen LogP contribution is -2.29. The zero-order valence-corrected chi connectivity index (χ0v) is 11.5. The van der Waals surface area contributed by atoms with Gasteiger partial charge >= 0.3 is 0 Å². The van der Waals surface area contributed by atoms with E-state index < -0.39 is 0 Å². The van der Waals surface area contributed by atoms with Gasteiger partial charge in [-0.3, -0.25) is 9.78 Å². The van der Waals surface area contributed by atoms with Gasteiger partial charge in [0.15, 0.2) is 0 Å². The molecule has 1 amide bonds. The Hall–Kier alpha value is -1.79. The Labute approximate surface area is 116 Å². The number of hydrogen-bond donors (Lipinski definition) is 2. The summed E-state index contributed by atoms with van der Waals surface area (Å²) in [4.78, 5) is 19.5. The second kappa shape index (κ2) is 6.96. The molecule has 0 spiro atoms. The maximum absolute atomic E-state index is 10.7. The third kappa shape index (κ3) is 4.42. The summed E-state index contributed by atoms with van der Waals surface area (Å²) in [6, 6.07) is 5.80. The molecule has 100 valence electrons. The fourth-order valence-corrected chi connectivity index (χ4v) is 2.33.